The van der Waals surface area contributed by atoms with Crippen LogP contribution >= 0.6 is 23.4 Å². The number of nitrogens with one attached hydrogen (secondary N) is 1. The molecule has 3 aliphatic heterocycles. The molecule has 0 aromatic carbocycles. The molecule has 41 heavy (non-hydrogen) atoms. The van der Waals surface area contributed by atoms with Gasteiger partial charge >= 0.3 is 5.97 Å². The molecule has 6 rings (SSSR count). The summed E-state index contributed by atoms with van der Waals surface area (Å²) in [5, 5.41) is 13.8. The predicted molar refractivity (Wildman–Crippen MR) is 160 cm³/mol. The monoisotopic (exact) mass is 608 g/mol. The van der Waals surface area contributed by atoms with E-state index in [1.807, 2.05) is 23.3 Å². The van der Waals surface area contributed by atoms with Crippen molar-refractivity contribution in [3.05, 3.63) is 27.4 Å². The van der Waals surface area contributed by atoms with Crippen LogP contribution < -0.4 is 10.9 Å². The number of hydrogen-bond donors (Lipinski definition) is 2. The van der Waals surface area contributed by atoms with Gasteiger partial charge in [-0.1, -0.05) is 0 Å². The molecule has 228 valence electrons. The molecule has 3 saturated heterocycles. The van der Waals surface area contributed by atoms with E-state index in [-0.39, 0.29) is 46.2 Å². The quantitative estimate of drug-likeness (QED) is 0.452. The summed E-state index contributed by atoms with van der Waals surface area (Å²) in [7, 11) is 0. The molecule has 9 unspecified atom stereocenters. The van der Waals surface area contributed by atoms with Gasteiger partial charge in [0.25, 0.3) is 5.56 Å². The first-order valence-electron chi connectivity index (χ1n) is 15.6. The minimum atomic E-state index is -0.701. The topological polar surface area (TPSA) is 106 Å². The summed E-state index contributed by atoms with van der Waals surface area (Å²) in [5.41, 5.74) is 1.94. The summed E-state index contributed by atoms with van der Waals surface area (Å²) in [5.74, 6) is 1.03. The Labute approximate surface area is 252 Å². The van der Waals surface area contributed by atoms with Crippen LogP contribution in [0.25, 0.3) is 0 Å². The molecule has 4 heterocycles. The number of ether oxygens (including phenoxy) is 2. The van der Waals surface area contributed by atoms with Gasteiger partial charge in [0.1, 0.15) is 5.82 Å². The van der Waals surface area contributed by atoms with Gasteiger partial charge in [-0.25, -0.2) is 4.98 Å². The molecule has 11 heteroatoms. The lowest BCUT2D eigenvalue weighted by Gasteiger charge is -2.47. The van der Waals surface area contributed by atoms with Gasteiger partial charge in [-0.15, -0.1) is 11.6 Å². The minimum absolute atomic E-state index is 0.00770. The molecule has 9 atom stereocenters. The minimum Gasteiger partial charge on any atom is -0.481 e. The zero-order chi connectivity index (χ0) is 28.7. The van der Waals surface area contributed by atoms with Gasteiger partial charge in [0.05, 0.1) is 44.1 Å². The maximum absolute atomic E-state index is 13.7. The zero-order valence-electron chi connectivity index (χ0n) is 24.3. The van der Waals surface area contributed by atoms with Crippen LogP contribution in [0.2, 0.25) is 0 Å². The van der Waals surface area contributed by atoms with E-state index in [1.165, 1.54) is 0 Å². The highest BCUT2D eigenvalue weighted by atomic mass is 35.5. The number of nitrogens with zero attached hydrogens (tertiary/aromatic N) is 3. The van der Waals surface area contributed by atoms with E-state index in [9.17, 15) is 14.7 Å². The Hall–Kier alpha value is -1.17. The normalized spacial score (nSPS) is 37.9. The van der Waals surface area contributed by atoms with Crippen molar-refractivity contribution in [3.63, 3.8) is 0 Å². The SMILES string of the molecule is Cc1nc2c(c(=O)n1CCOC1CCC(Cl)CC1C1CC(C)NC3C(C(=O)O)CSC13)CC(N1CCOCC1)CC2. The fourth-order valence-electron chi connectivity index (χ4n) is 8.24. The Morgan fingerprint density at radius 2 is 2.02 bits per heavy atom. The van der Waals surface area contributed by atoms with E-state index >= 15 is 0 Å². The molecule has 0 bridgehead atoms. The van der Waals surface area contributed by atoms with Crippen molar-refractivity contribution >= 4 is 29.3 Å². The lowest BCUT2D eigenvalue weighted by atomic mass is 9.70. The first kappa shape index (κ1) is 29.9. The smallest absolute Gasteiger partial charge is 0.308 e. The molecule has 5 aliphatic rings. The Morgan fingerprint density at radius 3 is 2.80 bits per heavy atom. The third kappa shape index (κ3) is 6.25. The largest absolute Gasteiger partial charge is 0.481 e. The van der Waals surface area contributed by atoms with Crippen LogP contribution in [0.1, 0.15) is 56.1 Å². The Balaban J connectivity index is 1.14. The molecular formula is C30H45ClN4O5S. The number of aryl methyl sites for hydroxylation is 2. The lowest BCUT2D eigenvalue weighted by molar-refractivity contribution is -0.142. The van der Waals surface area contributed by atoms with Crippen LogP contribution in [-0.4, -0.2) is 99.0 Å². The number of halogens is 1. The number of aromatic nitrogens is 2. The van der Waals surface area contributed by atoms with Crippen molar-refractivity contribution in [2.24, 2.45) is 17.8 Å². The number of carboxylic acid groups (broad SMARTS) is 1. The fourth-order valence-corrected chi connectivity index (χ4v) is 10.4. The van der Waals surface area contributed by atoms with Crippen LogP contribution in [0.15, 0.2) is 4.79 Å². The maximum atomic E-state index is 13.7. The summed E-state index contributed by atoms with van der Waals surface area (Å²) in [6, 6.07) is 0.638. The number of rotatable bonds is 7. The van der Waals surface area contributed by atoms with E-state index < -0.39 is 5.97 Å². The molecule has 2 N–H and O–H groups in total. The zero-order valence-corrected chi connectivity index (χ0v) is 25.9. The second-order valence-electron chi connectivity index (χ2n) is 12.8. The van der Waals surface area contributed by atoms with E-state index in [2.05, 4.69) is 17.1 Å². The van der Waals surface area contributed by atoms with Crippen LogP contribution in [0.3, 0.4) is 0 Å². The summed E-state index contributed by atoms with van der Waals surface area (Å²) >= 11 is 8.54. The molecule has 1 aromatic rings. The second-order valence-corrected chi connectivity index (χ2v) is 14.6. The lowest BCUT2D eigenvalue weighted by Crippen LogP contribution is -2.57. The highest BCUT2D eigenvalue weighted by Crippen LogP contribution is 2.48. The van der Waals surface area contributed by atoms with Crippen molar-refractivity contribution in [2.45, 2.75) is 100 Å². The molecule has 0 amide bonds. The van der Waals surface area contributed by atoms with E-state index in [4.69, 9.17) is 26.1 Å². The molecule has 4 fully saturated rings. The number of morpholine rings is 1. The molecular weight excluding hydrogens is 564 g/mol. The van der Waals surface area contributed by atoms with Gasteiger partial charge in [-0.3, -0.25) is 19.1 Å². The van der Waals surface area contributed by atoms with Gasteiger partial charge in [0, 0.05) is 53.2 Å². The fraction of sp³-hybridized carbons (Fsp3) is 0.833. The van der Waals surface area contributed by atoms with Crippen LogP contribution in [0.4, 0.5) is 0 Å². The summed E-state index contributed by atoms with van der Waals surface area (Å²) in [6.07, 6.45) is 6.45. The standard InChI is InChI=1S/C30H45ClN4O5S/c1-17-13-22(28-27(32-17)24(16-41-28)30(37)38)21-14-19(31)3-6-26(21)40-12-9-35-18(2)33-25-5-4-20(15-23(25)29(35)36)34-7-10-39-11-8-34/h17,19-22,24,26-28,32H,3-16H2,1-2H3,(H,37,38). The van der Waals surface area contributed by atoms with Gasteiger partial charge < -0.3 is 19.9 Å². The summed E-state index contributed by atoms with van der Waals surface area (Å²) in [4.78, 5) is 33.0. The summed E-state index contributed by atoms with van der Waals surface area (Å²) < 4.78 is 14.0. The first-order chi connectivity index (χ1) is 19.8. The molecule has 1 aromatic heterocycles. The number of carboxylic acids is 1. The number of piperidine rings is 1. The van der Waals surface area contributed by atoms with Gasteiger partial charge in [0.15, 0.2) is 0 Å². The first-order valence-corrected chi connectivity index (χ1v) is 17.1. The molecule has 2 aliphatic carbocycles. The van der Waals surface area contributed by atoms with E-state index in [1.54, 1.807) is 0 Å². The molecule has 9 nitrogen and oxygen atoms in total. The van der Waals surface area contributed by atoms with Crippen molar-refractivity contribution < 1.29 is 19.4 Å². The van der Waals surface area contributed by atoms with E-state index in [0.29, 0.717) is 30.9 Å². The van der Waals surface area contributed by atoms with Crippen molar-refractivity contribution in [2.75, 3.05) is 38.7 Å². The number of thioether (sulfide) groups is 1. The van der Waals surface area contributed by atoms with Crippen molar-refractivity contribution in [3.8, 4) is 0 Å². The molecule has 0 spiro atoms. The van der Waals surface area contributed by atoms with Crippen LogP contribution in [0.5, 0.6) is 0 Å². The summed E-state index contributed by atoms with van der Waals surface area (Å²) in [6.45, 7) is 8.45. The average Bonchev–Trinajstić information content (AvgIpc) is 3.39. The predicted octanol–water partition coefficient (Wildman–Crippen LogP) is 2.72. The Morgan fingerprint density at radius 1 is 1.22 bits per heavy atom. The third-order valence-corrected chi connectivity index (χ3v) is 12.3. The third-order valence-electron chi connectivity index (χ3n) is 10.3. The van der Waals surface area contributed by atoms with Gasteiger partial charge in [-0.2, -0.15) is 11.8 Å². The van der Waals surface area contributed by atoms with Crippen molar-refractivity contribution in [1.29, 1.82) is 0 Å². The van der Waals surface area contributed by atoms with Crippen LogP contribution in [-0.2, 0) is 33.7 Å². The van der Waals surface area contributed by atoms with Crippen LogP contribution in [0, 0.1) is 24.7 Å². The number of aliphatic carboxylic acids is 1. The van der Waals surface area contributed by atoms with E-state index in [0.717, 1.165) is 88.3 Å². The Kier molecular flexibility index (Phi) is 9.35. The maximum Gasteiger partial charge on any atom is 0.308 e. The number of carbonyl (C=O) groups is 1. The van der Waals surface area contributed by atoms with Gasteiger partial charge in [-0.05, 0) is 70.6 Å². The Bertz CT molecular complexity index is 1160. The highest BCUT2D eigenvalue weighted by Gasteiger charge is 2.51. The second kappa shape index (κ2) is 12.8. The number of alkyl halides is 1. The molecule has 1 saturated carbocycles. The average molecular weight is 609 g/mol. The molecule has 0 radical (unpaired) electrons. The van der Waals surface area contributed by atoms with Crippen molar-refractivity contribution in [1.82, 2.24) is 19.8 Å². The van der Waals surface area contributed by atoms with Gasteiger partial charge in [0.2, 0.25) is 0 Å². The number of hydrogen-bond acceptors (Lipinski definition) is 8. The number of fused-ring (bicyclic) bond motifs is 2. The highest BCUT2D eigenvalue weighted by molar-refractivity contribution is 8.00.